The third-order valence-corrected chi connectivity index (χ3v) is 1.60. The molecule has 0 aliphatic heterocycles. The first-order chi connectivity index (χ1) is 7.67. The van der Waals surface area contributed by atoms with E-state index in [1.54, 1.807) is 26.0 Å². The molecule has 6 nitrogen and oxygen atoms in total. The van der Waals surface area contributed by atoms with Crippen molar-refractivity contribution in [1.82, 2.24) is 5.16 Å². The summed E-state index contributed by atoms with van der Waals surface area (Å²) in [5, 5.41) is 15.0. The van der Waals surface area contributed by atoms with Gasteiger partial charge in [0.2, 0.25) is 5.88 Å². The lowest BCUT2D eigenvalue weighted by atomic mass is 10.3. The standard InChI is InChI=1S/C10H11N3O3/c1-3-15-10(14)8(5-11)6-12-9-4-7(2)13-16-9/h4,6,12H,3H2,1-2H3/b8-6-. The van der Waals surface area contributed by atoms with Crippen LogP contribution in [0.15, 0.2) is 22.4 Å². The van der Waals surface area contributed by atoms with E-state index in [1.165, 1.54) is 6.20 Å². The third-order valence-electron chi connectivity index (χ3n) is 1.60. The Balaban J connectivity index is 2.67. The van der Waals surface area contributed by atoms with Gasteiger partial charge in [-0.05, 0) is 13.8 Å². The summed E-state index contributed by atoms with van der Waals surface area (Å²) >= 11 is 0. The Hall–Kier alpha value is -2.29. The van der Waals surface area contributed by atoms with E-state index >= 15 is 0 Å². The maximum absolute atomic E-state index is 11.2. The fourth-order valence-corrected chi connectivity index (χ4v) is 0.921. The fraction of sp³-hybridized carbons (Fsp3) is 0.300. The molecule has 1 heterocycles. The van der Waals surface area contributed by atoms with Crippen LogP contribution < -0.4 is 5.32 Å². The molecule has 0 saturated heterocycles. The van der Waals surface area contributed by atoms with Crippen LogP contribution in [0.25, 0.3) is 0 Å². The number of carbonyl (C=O) groups excluding carboxylic acids is 1. The molecule has 1 N–H and O–H groups in total. The third kappa shape index (κ3) is 3.13. The number of aromatic nitrogens is 1. The average molecular weight is 221 g/mol. The number of hydrogen-bond acceptors (Lipinski definition) is 6. The Morgan fingerprint density at radius 3 is 3.06 bits per heavy atom. The molecule has 0 saturated carbocycles. The Morgan fingerprint density at radius 2 is 2.56 bits per heavy atom. The highest BCUT2D eigenvalue weighted by Crippen LogP contribution is 2.09. The van der Waals surface area contributed by atoms with Gasteiger partial charge in [-0.1, -0.05) is 5.16 Å². The molecule has 0 aliphatic carbocycles. The normalized spacial score (nSPS) is 10.7. The zero-order chi connectivity index (χ0) is 12.0. The van der Waals surface area contributed by atoms with Gasteiger partial charge in [-0.2, -0.15) is 5.26 Å². The minimum atomic E-state index is -0.672. The van der Waals surface area contributed by atoms with Gasteiger partial charge in [-0.25, -0.2) is 4.79 Å². The van der Waals surface area contributed by atoms with Gasteiger partial charge in [-0.3, -0.25) is 0 Å². The molecule has 0 aromatic carbocycles. The second-order valence-electron chi connectivity index (χ2n) is 2.87. The zero-order valence-electron chi connectivity index (χ0n) is 8.98. The van der Waals surface area contributed by atoms with E-state index in [0.29, 0.717) is 11.6 Å². The first-order valence-corrected chi connectivity index (χ1v) is 4.64. The van der Waals surface area contributed by atoms with Crippen molar-refractivity contribution in [3.63, 3.8) is 0 Å². The Bertz CT molecular complexity index is 442. The smallest absolute Gasteiger partial charge is 0.350 e. The molecule has 6 heteroatoms. The Morgan fingerprint density at radius 1 is 1.81 bits per heavy atom. The van der Waals surface area contributed by atoms with Crippen LogP contribution in [0.1, 0.15) is 12.6 Å². The number of nitriles is 1. The number of carbonyl (C=O) groups is 1. The summed E-state index contributed by atoms with van der Waals surface area (Å²) in [5.74, 6) is -0.316. The van der Waals surface area contributed by atoms with E-state index in [9.17, 15) is 4.79 Å². The van der Waals surface area contributed by atoms with Crippen molar-refractivity contribution >= 4 is 11.9 Å². The van der Waals surface area contributed by atoms with Crippen molar-refractivity contribution in [2.24, 2.45) is 0 Å². The van der Waals surface area contributed by atoms with Crippen molar-refractivity contribution in [1.29, 1.82) is 5.26 Å². The number of nitrogens with zero attached hydrogens (tertiary/aromatic N) is 2. The van der Waals surface area contributed by atoms with Crippen LogP contribution >= 0.6 is 0 Å². The summed E-state index contributed by atoms with van der Waals surface area (Å²) in [6, 6.07) is 3.36. The predicted octanol–water partition coefficient (Wildman–Crippen LogP) is 1.37. The molecule has 84 valence electrons. The summed E-state index contributed by atoms with van der Waals surface area (Å²) in [7, 11) is 0. The lowest BCUT2D eigenvalue weighted by molar-refractivity contribution is -0.138. The zero-order valence-corrected chi connectivity index (χ0v) is 8.98. The molecule has 0 aliphatic rings. The van der Waals surface area contributed by atoms with Gasteiger partial charge in [0.25, 0.3) is 0 Å². The quantitative estimate of drug-likeness (QED) is 0.469. The van der Waals surface area contributed by atoms with E-state index in [2.05, 4.69) is 15.2 Å². The molecule has 0 spiro atoms. The van der Waals surface area contributed by atoms with Gasteiger partial charge in [0.1, 0.15) is 6.07 Å². The van der Waals surface area contributed by atoms with Gasteiger partial charge in [0.15, 0.2) is 5.57 Å². The van der Waals surface area contributed by atoms with Crippen LogP contribution in [0, 0.1) is 18.3 Å². The molecule has 1 rings (SSSR count). The summed E-state index contributed by atoms with van der Waals surface area (Å²) in [5.41, 5.74) is 0.571. The molecule has 0 atom stereocenters. The predicted molar refractivity (Wildman–Crippen MR) is 55.2 cm³/mol. The molecule has 0 amide bonds. The van der Waals surface area contributed by atoms with Gasteiger partial charge in [0, 0.05) is 12.3 Å². The summed E-state index contributed by atoms with van der Waals surface area (Å²) in [6.45, 7) is 3.65. The molecule has 1 aromatic rings. The average Bonchev–Trinajstić information content (AvgIpc) is 2.65. The van der Waals surface area contributed by atoms with Crippen molar-refractivity contribution in [2.75, 3.05) is 11.9 Å². The maximum atomic E-state index is 11.2. The number of ether oxygens (including phenoxy) is 1. The highest BCUT2D eigenvalue weighted by molar-refractivity contribution is 5.93. The first kappa shape index (κ1) is 11.8. The van der Waals surface area contributed by atoms with Crippen LogP contribution in [-0.4, -0.2) is 17.7 Å². The SMILES string of the molecule is CCOC(=O)/C(C#N)=C\Nc1cc(C)no1. The minimum Gasteiger partial charge on any atom is -0.462 e. The molecular weight excluding hydrogens is 210 g/mol. The lowest BCUT2D eigenvalue weighted by Crippen LogP contribution is -2.07. The molecule has 1 aromatic heterocycles. The molecule has 0 fully saturated rings. The van der Waals surface area contributed by atoms with Crippen molar-refractivity contribution in [3.05, 3.63) is 23.5 Å². The number of anilines is 1. The molecule has 0 unspecified atom stereocenters. The topological polar surface area (TPSA) is 88.2 Å². The first-order valence-electron chi connectivity index (χ1n) is 4.64. The van der Waals surface area contributed by atoms with Crippen LogP contribution in [0.3, 0.4) is 0 Å². The van der Waals surface area contributed by atoms with E-state index in [0.717, 1.165) is 0 Å². The molecule has 0 bridgehead atoms. The van der Waals surface area contributed by atoms with E-state index < -0.39 is 5.97 Å². The highest BCUT2D eigenvalue weighted by atomic mass is 16.5. The van der Waals surface area contributed by atoms with Gasteiger partial charge in [0.05, 0.1) is 12.3 Å². The second-order valence-corrected chi connectivity index (χ2v) is 2.87. The fourth-order valence-electron chi connectivity index (χ4n) is 0.921. The molecule has 0 radical (unpaired) electrons. The largest absolute Gasteiger partial charge is 0.462 e. The number of nitrogens with one attached hydrogen (secondary N) is 1. The summed E-state index contributed by atoms with van der Waals surface area (Å²) in [4.78, 5) is 11.2. The van der Waals surface area contributed by atoms with E-state index in [4.69, 9.17) is 9.78 Å². The second kappa shape index (κ2) is 5.56. The van der Waals surface area contributed by atoms with Gasteiger partial charge >= 0.3 is 5.97 Å². The van der Waals surface area contributed by atoms with Gasteiger partial charge in [-0.15, -0.1) is 0 Å². The van der Waals surface area contributed by atoms with Crippen molar-refractivity contribution in [3.8, 4) is 6.07 Å². The minimum absolute atomic E-state index is 0.129. The lowest BCUT2D eigenvalue weighted by Gasteiger charge is -1.99. The number of aryl methyl sites for hydroxylation is 1. The Kier molecular flexibility index (Phi) is 4.09. The Labute approximate surface area is 92.5 Å². The van der Waals surface area contributed by atoms with Crippen LogP contribution in [-0.2, 0) is 9.53 Å². The van der Waals surface area contributed by atoms with Crippen LogP contribution in [0.2, 0.25) is 0 Å². The molecular formula is C10H11N3O3. The molecule has 16 heavy (non-hydrogen) atoms. The van der Waals surface area contributed by atoms with E-state index in [1.807, 2.05) is 0 Å². The van der Waals surface area contributed by atoms with E-state index in [-0.39, 0.29) is 12.2 Å². The number of rotatable bonds is 4. The monoisotopic (exact) mass is 221 g/mol. The van der Waals surface area contributed by atoms with Crippen LogP contribution in [0.5, 0.6) is 0 Å². The number of esters is 1. The van der Waals surface area contributed by atoms with Crippen molar-refractivity contribution in [2.45, 2.75) is 13.8 Å². The summed E-state index contributed by atoms with van der Waals surface area (Å²) < 4.78 is 9.50. The summed E-state index contributed by atoms with van der Waals surface area (Å²) in [6.07, 6.45) is 1.22. The number of hydrogen-bond donors (Lipinski definition) is 1. The maximum Gasteiger partial charge on any atom is 0.350 e. The van der Waals surface area contributed by atoms with Crippen LogP contribution in [0.4, 0.5) is 5.88 Å². The van der Waals surface area contributed by atoms with Gasteiger partial charge < -0.3 is 14.6 Å². The van der Waals surface area contributed by atoms with Crippen molar-refractivity contribution < 1.29 is 14.1 Å². The highest BCUT2D eigenvalue weighted by Gasteiger charge is 2.09.